The van der Waals surface area contributed by atoms with Crippen molar-refractivity contribution < 1.29 is 23.8 Å². The monoisotopic (exact) mass is 479 g/mol. The van der Waals surface area contributed by atoms with Crippen LogP contribution in [0.3, 0.4) is 0 Å². The molecule has 0 aromatic heterocycles. The first-order chi connectivity index (χ1) is 16.1. The summed E-state index contributed by atoms with van der Waals surface area (Å²) < 4.78 is 16.7. The molecule has 0 atom stereocenters. The van der Waals surface area contributed by atoms with Gasteiger partial charge in [0.25, 0.3) is 11.1 Å². The van der Waals surface area contributed by atoms with Crippen molar-refractivity contribution in [3.63, 3.8) is 0 Å². The molecule has 0 bridgehead atoms. The molecule has 166 valence electrons. The van der Waals surface area contributed by atoms with E-state index in [0.717, 1.165) is 22.9 Å². The molecule has 2 amide bonds. The molecular formula is C25H18ClNO5S. The lowest BCUT2D eigenvalue weighted by Crippen LogP contribution is -2.27. The van der Waals surface area contributed by atoms with Gasteiger partial charge < -0.3 is 14.2 Å². The van der Waals surface area contributed by atoms with Crippen molar-refractivity contribution in [2.45, 2.75) is 13.2 Å². The van der Waals surface area contributed by atoms with Crippen molar-refractivity contribution in [2.24, 2.45) is 0 Å². The molecule has 33 heavy (non-hydrogen) atoms. The van der Waals surface area contributed by atoms with Gasteiger partial charge in [-0.1, -0.05) is 60.1 Å². The summed E-state index contributed by atoms with van der Waals surface area (Å²) in [5.74, 6) is 1.34. The van der Waals surface area contributed by atoms with Gasteiger partial charge in [-0.15, -0.1) is 0 Å². The number of hydrogen-bond donors (Lipinski definition) is 0. The van der Waals surface area contributed by atoms with Crippen LogP contribution in [0.4, 0.5) is 4.79 Å². The fourth-order valence-corrected chi connectivity index (χ4v) is 4.54. The topological polar surface area (TPSA) is 65.1 Å². The first-order valence-corrected chi connectivity index (χ1v) is 11.4. The highest BCUT2D eigenvalue weighted by Gasteiger charge is 2.36. The smallest absolute Gasteiger partial charge is 0.293 e. The van der Waals surface area contributed by atoms with Crippen LogP contribution in [-0.2, 0) is 17.9 Å². The number of nitrogens with zero attached hydrogens (tertiary/aromatic N) is 1. The Morgan fingerprint density at radius 3 is 2.55 bits per heavy atom. The van der Waals surface area contributed by atoms with Gasteiger partial charge in [0.1, 0.15) is 12.4 Å². The van der Waals surface area contributed by atoms with Gasteiger partial charge in [-0.25, -0.2) is 0 Å². The third kappa shape index (κ3) is 4.55. The fourth-order valence-electron chi connectivity index (χ4n) is 3.49. The number of thioether (sulfide) groups is 1. The molecule has 0 aliphatic carbocycles. The zero-order valence-electron chi connectivity index (χ0n) is 17.3. The van der Waals surface area contributed by atoms with Crippen LogP contribution in [0.2, 0.25) is 5.02 Å². The third-order valence-corrected chi connectivity index (χ3v) is 6.45. The number of fused-ring (bicyclic) bond motifs is 1. The van der Waals surface area contributed by atoms with Crippen molar-refractivity contribution in [3.05, 3.63) is 93.3 Å². The zero-order chi connectivity index (χ0) is 22.8. The number of imide groups is 1. The first kappa shape index (κ1) is 21.4. The summed E-state index contributed by atoms with van der Waals surface area (Å²) in [6.45, 7) is 0.560. The standard InChI is InChI=1S/C25H18ClNO5S/c26-19-12-22-21(31-15-32-22)10-18(19)13-27-24(28)23(33-25(27)29)11-17-8-4-5-9-20(17)30-14-16-6-2-1-3-7-16/h1-12H,13-15H2/b23-11+. The van der Waals surface area contributed by atoms with E-state index in [2.05, 4.69) is 0 Å². The molecule has 0 saturated carbocycles. The third-order valence-electron chi connectivity index (χ3n) is 5.19. The Balaban J connectivity index is 1.35. The zero-order valence-corrected chi connectivity index (χ0v) is 18.9. The van der Waals surface area contributed by atoms with E-state index in [4.69, 9.17) is 25.8 Å². The number of hydrogen-bond acceptors (Lipinski definition) is 6. The summed E-state index contributed by atoms with van der Waals surface area (Å²) in [5, 5.41) is 0.0459. The predicted molar refractivity (Wildman–Crippen MR) is 126 cm³/mol. The average molecular weight is 480 g/mol. The molecular weight excluding hydrogens is 462 g/mol. The number of benzene rings is 3. The molecule has 0 radical (unpaired) electrons. The van der Waals surface area contributed by atoms with Gasteiger partial charge in [0.15, 0.2) is 11.5 Å². The molecule has 1 fully saturated rings. The van der Waals surface area contributed by atoms with Gasteiger partial charge in [-0.2, -0.15) is 0 Å². The number of halogens is 1. The van der Waals surface area contributed by atoms with Crippen LogP contribution < -0.4 is 14.2 Å². The summed E-state index contributed by atoms with van der Waals surface area (Å²) >= 11 is 7.23. The van der Waals surface area contributed by atoms with E-state index in [9.17, 15) is 9.59 Å². The first-order valence-electron chi connectivity index (χ1n) is 10.2. The predicted octanol–water partition coefficient (Wildman–Crippen LogP) is 5.88. The summed E-state index contributed by atoms with van der Waals surface area (Å²) in [4.78, 5) is 27.2. The second-order valence-electron chi connectivity index (χ2n) is 7.38. The number of amides is 2. The van der Waals surface area contributed by atoms with Crippen LogP contribution in [0.1, 0.15) is 16.7 Å². The van der Waals surface area contributed by atoms with E-state index < -0.39 is 0 Å². The van der Waals surface area contributed by atoms with E-state index >= 15 is 0 Å². The van der Waals surface area contributed by atoms with Crippen LogP contribution in [0, 0.1) is 0 Å². The molecule has 0 spiro atoms. The highest BCUT2D eigenvalue weighted by Crippen LogP contribution is 2.39. The van der Waals surface area contributed by atoms with Gasteiger partial charge in [0.2, 0.25) is 6.79 Å². The number of para-hydroxylation sites is 1. The Morgan fingerprint density at radius 2 is 1.73 bits per heavy atom. The van der Waals surface area contributed by atoms with Gasteiger partial charge >= 0.3 is 0 Å². The molecule has 5 rings (SSSR count). The molecule has 6 nitrogen and oxygen atoms in total. The summed E-state index contributed by atoms with van der Waals surface area (Å²) in [7, 11) is 0. The van der Waals surface area contributed by atoms with Crippen molar-refractivity contribution >= 4 is 40.6 Å². The minimum Gasteiger partial charge on any atom is -0.488 e. The van der Waals surface area contributed by atoms with Gasteiger partial charge in [-0.05, 0) is 41.1 Å². The summed E-state index contributed by atoms with van der Waals surface area (Å²) in [5.41, 5.74) is 2.37. The van der Waals surface area contributed by atoms with Crippen LogP contribution in [-0.4, -0.2) is 22.8 Å². The van der Waals surface area contributed by atoms with Gasteiger partial charge in [0.05, 0.1) is 11.4 Å². The summed E-state index contributed by atoms with van der Waals surface area (Å²) in [6, 6.07) is 20.6. The van der Waals surface area contributed by atoms with E-state index in [1.165, 1.54) is 4.90 Å². The van der Waals surface area contributed by atoms with Crippen molar-refractivity contribution in [1.29, 1.82) is 0 Å². The Hall–Kier alpha value is -3.42. The lowest BCUT2D eigenvalue weighted by Gasteiger charge is -2.14. The van der Waals surface area contributed by atoms with Crippen molar-refractivity contribution in [2.75, 3.05) is 6.79 Å². The minimum atomic E-state index is -0.378. The number of carbonyl (C=O) groups excluding carboxylic acids is 2. The Bertz CT molecular complexity index is 1260. The number of ether oxygens (including phenoxy) is 3. The van der Waals surface area contributed by atoms with Gasteiger partial charge in [-0.3, -0.25) is 14.5 Å². The van der Waals surface area contributed by atoms with E-state index in [1.807, 2.05) is 54.6 Å². The van der Waals surface area contributed by atoms with Gasteiger partial charge in [0, 0.05) is 16.7 Å². The van der Waals surface area contributed by atoms with E-state index in [0.29, 0.717) is 39.3 Å². The van der Waals surface area contributed by atoms with Crippen LogP contribution in [0.5, 0.6) is 17.2 Å². The lowest BCUT2D eigenvalue weighted by molar-refractivity contribution is -0.123. The highest BCUT2D eigenvalue weighted by molar-refractivity contribution is 8.18. The molecule has 0 unspecified atom stereocenters. The van der Waals surface area contributed by atoms with Crippen molar-refractivity contribution in [1.82, 2.24) is 4.90 Å². The largest absolute Gasteiger partial charge is 0.488 e. The van der Waals surface area contributed by atoms with Crippen LogP contribution in [0.15, 0.2) is 71.6 Å². The quantitative estimate of drug-likeness (QED) is 0.411. The Kier molecular flexibility index (Phi) is 5.98. The molecule has 2 heterocycles. The second kappa shape index (κ2) is 9.21. The molecule has 0 N–H and O–H groups in total. The maximum absolute atomic E-state index is 13.0. The van der Waals surface area contributed by atoms with E-state index in [1.54, 1.807) is 18.2 Å². The number of carbonyl (C=O) groups is 2. The molecule has 2 aliphatic rings. The molecule has 1 saturated heterocycles. The lowest BCUT2D eigenvalue weighted by atomic mass is 10.1. The molecule has 2 aliphatic heterocycles. The minimum absolute atomic E-state index is 0.0453. The molecule has 8 heteroatoms. The fraction of sp³-hybridized carbons (Fsp3) is 0.120. The van der Waals surface area contributed by atoms with E-state index in [-0.39, 0.29) is 24.5 Å². The molecule has 3 aromatic rings. The normalized spacial score (nSPS) is 16.0. The maximum Gasteiger partial charge on any atom is 0.293 e. The second-order valence-corrected chi connectivity index (χ2v) is 8.78. The Labute approximate surface area is 199 Å². The summed E-state index contributed by atoms with van der Waals surface area (Å²) in [6.07, 6.45) is 1.69. The molecule has 3 aromatic carbocycles. The van der Waals surface area contributed by atoms with Crippen molar-refractivity contribution in [3.8, 4) is 17.2 Å². The maximum atomic E-state index is 13.0. The SMILES string of the molecule is O=C1S/C(=C/c2ccccc2OCc2ccccc2)C(=O)N1Cc1cc2c(cc1Cl)OCO2. The highest BCUT2D eigenvalue weighted by atomic mass is 35.5. The average Bonchev–Trinajstić information content (AvgIpc) is 3.38. The number of rotatable bonds is 6. The van der Waals surface area contributed by atoms with Crippen LogP contribution >= 0.6 is 23.4 Å². The Morgan fingerprint density at radius 1 is 1.00 bits per heavy atom. The van der Waals surface area contributed by atoms with Crippen LogP contribution in [0.25, 0.3) is 6.08 Å².